The molecule has 7 heteroatoms. The highest BCUT2D eigenvalue weighted by molar-refractivity contribution is 9.10. The zero-order valence-corrected chi connectivity index (χ0v) is 12.3. The SMILES string of the molecule is CNc1ncc(Br)c(NCCC(=O)NC(C)C)n1. The van der Waals surface area contributed by atoms with Crippen LogP contribution in [0.5, 0.6) is 0 Å². The van der Waals surface area contributed by atoms with Gasteiger partial charge < -0.3 is 16.0 Å². The van der Waals surface area contributed by atoms with Crippen LogP contribution < -0.4 is 16.0 Å². The van der Waals surface area contributed by atoms with Gasteiger partial charge in [0, 0.05) is 32.3 Å². The smallest absolute Gasteiger partial charge is 0.224 e. The van der Waals surface area contributed by atoms with Crippen LogP contribution in [0.3, 0.4) is 0 Å². The van der Waals surface area contributed by atoms with Gasteiger partial charge in [-0.25, -0.2) is 4.98 Å². The predicted molar refractivity (Wildman–Crippen MR) is 75.7 cm³/mol. The zero-order chi connectivity index (χ0) is 13.5. The summed E-state index contributed by atoms with van der Waals surface area (Å²) in [5.74, 6) is 1.23. The lowest BCUT2D eigenvalue weighted by Crippen LogP contribution is -2.31. The number of anilines is 2. The van der Waals surface area contributed by atoms with Crippen LogP contribution in [0, 0.1) is 0 Å². The predicted octanol–water partition coefficient (Wildman–Crippen LogP) is 1.61. The molecule has 0 aromatic carbocycles. The van der Waals surface area contributed by atoms with Gasteiger partial charge >= 0.3 is 0 Å². The molecule has 6 nitrogen and oxygen atoms in total. The molecule has 1 heterocycles. The van der Waals surface area contributed by atoms with Gasteiger partial charge in [-0.05, 0) is 29.8 Å². The standard InChI is InChI=1S/C11H18BrN5O/c1-7(2)16-9(18)4-5-14-10-8(12)6-15-11(13-3)17-10/h6-7H,4-5H2,1-3H3,(H,16,18)(H2,13,14,15,17). The van der Waals surface area contributed by atoms with E-state index >= 15 is 0 Å². The van der Waals surface area contributed by atoms with Crippen LogP contribution in [0.15, 0.2) is 10.7 Å². The van der Waals surface area contributed by atoms with E-state index in [9.17, 15) is 4.79 Å². The van der Waals surface area contributed by atoms with E-state index in [1.807, 2.05) is 13.8 Å². The van der Waals surface area contributed by atoms with Crippen molar-refractivity contribution in [3.05, 3.63) is 10.7 Å². The van der Waals surface area contributed by atoms with Crippen molar-refractivity contribution in [1.82, 2.24) is 15.3 Å². The number of amides is 1. The summed E-state index contributed by atoms with van der Waals surface area (Å²) < 4.78 is 0.769. The topological polar surface area (TPSA) is 78.9 Å². The maximum atomic E-state index is 11.4. The summed E-state index contributed by atoms with van der Waals surface area (Å²) in [6.45, 7) is 4.40. The van der Waals surface area contributed by atoms with Crippen molar-refractivity contribution in [1.29, 1.82) is 0 Å². The van der Waals surface area contributed by atoms with Gasteiger partial charge in [0.05, 0.1) is 4.47 Å². The molecule has 0 aliphatic heterocycles. The molecule has 0 saturated heterocycles. The van der Waals surface area contributed by atoms with Gasteiger partial charge in [-0.15, -0.1) is 0 Å². The molecule has 0 radical (unpaired) electrons. The number of aromatic nitrogens is 2. The second-order valence-electron chi connectivity index (χ2n) is 4.04. The highest BCUT2D eigenvalue weighted by Gasteiger charge is 2.06. The average molecular weight is 316 g/mol. The minimum Gasteiger partial charge on any atom is -0.368 e. The summed E-state index contributed by atoms with van der Waals surface area (Å²) in [6.07, 6.45) is 2.07. The molecule has 0 atom stereocenters. The van der Waals surface area contributed by atoms with Crippen LogP contribution in [0.25, 0.3) is 0 Å². The van der Waals surface area contributed by atoms with E-state index in [1.165, 1.54) is 0 Å². The second kappa shape index (κ2) is 7.15. The van der Waals surface area contributed by atoms with E-state index in [1.54, 1.807) is 13.2 Å². The van der Waals surface area contributed by atoms with Crippen LogP contribution in [0.4, 0.5) is 11.8 Å². The third-order valence-electron chi connectivity index (χ3n) is 2.06. The summed E-state index contributed by atoms with van der Waals surface area (Å²) in [7, 11) is 1.75. The van der Waals surface area contributed by atoms with E-state index in [-0.39, 0.29) is 11.9 Å². The van der Waals surface area contributed by atoms with E-state index in [2.05, 4.69) is 41.8 Å². The number of carbonyl (C=O) groups is 1. The van der Waals surface area contributed by atoms with Gasteiger partial charge in [0.2, 0.25) is 11.9 Å². The Morgan fingerprint density at radius 3 is 2.83 bits per heavy atom. The van der Waals surface area contributed by atoms with Crippen LogP contribution in [0.2, 0.25) is 0 Å². The Kier molecular flexibility index (Phi) is 5.84. The van der Waals surface area contributed by atoms with E-state index < -0.39 is 0 Å². The molecule has 0 aliphatic rings. The monoisotopic (exact) mass is 315 g/mol. The summed E-state index contributed by atoms with van der Waals surface area (Å²) in [5.41, 5.74) is 0. The molecule has 18 heavy (non-hydrogen) atoms. The molecule has 0 saturated carbocycles. The van der Waals surface area contributed by atoms with Gasteiger partial charge in [0.25, 0.3) is 0 Å². The highest BCUT2D eigenvalue weighted by atomic mass is 79.9. The normalized spacial score (nSPS) is 10.3. The molecule has 1 aromatic heterocycles. The van der Waals surface area contributed by atoms with Crippen molar-refractivity contribution < 1.29 is 4.79 Å². The van der Waals surface area contributed by atoms with Gasteiger partial charge in [-0.3, -0.25) is 4.79 Å². The molecule has 1 aromatic rings. The molecular weight excluding hydrogens is 298 g/mol. The molecule has 3 N–H and O–H groups in total. The van der Waals surface area contributed by atoms with Gasteiger partial charge in [0.15, 0.2) is 0 Å². The fraction of sp³-hybridized carbons (Fsp3) is 0.545. The minimum absolute atomic E-state index is 0.0246. The van der Waals surface area contributed by atoms with Crippen LogP contribution in [-0.4, -0.2) is 35.5 Å². The molecule has 0 spiro atoms. The number of nitrogens with one attached hydrogen (secondary N) is 3. The third kappa shape index (κ3) is 4.87. The van der Waals surface area contributed by atoms with Crippen molar-refractivity contribution >= 4 is 33.6 Å². The lowest BCUT2D eigenvalue weighted by molar-refractivity contribution is -0.121. The first-order chi connectivity index (χ1) is 8.52. The number of hydrogen-bond acceptors (Lipinski definition) is 5. The largest absolute Gasteiger partial charge is 0.368 e. The third-order valence-corrected chi connectivity index (χ3v) is 2.64. The minimum atomic E-state index is 0.0246. The Balaban J connectivity index is 2.46. The van der Waals surface area contributed by atoms with Gasteiger partial charge in [-0.1, -0.05) is 0 Å². The van der Waals surface area contributed by atoms with Crippen molar-refractivity contribution in [2.75, 3.05) is 24.2 Å². The molecule has 100 valence electrons. The molecule has 1 rings (SSSR count). The molecule has 0 fully saturated rings. The van der Waals surface area contributed by atoms with Crippen molar-refractivity contribution in [3.63, 3.8) is 0 Å². The Bertz CT molecular complexity index is 410. The summed E-state index contributed by atoms with van der Waals surface area (Å²) in [4.78, 5) is 19.7. The lowest BCUT2D eigenvalue weighted by atomic mass is 10.3. The summed E-state index contributed by atoms with van der Waals surface area (Å²) >= 11 is 3.35. The maximum absolute atomic E-state index is 11.4. The Morgan fingerprint density at radius 1 is 1.50 bits per heavy atom. The average Bonchev–Trinajstić information content (AvgIpc) is 2.30. The molecule has 1 amide bonds. The number of rotatable bonds is 6. The molecule has 0 unspecified atom stereocenters. The Hall–Kier alpha value is -1.37. The molecular formula is C11H18BrN5O. The lowest BCUT2D eigenvalue weighted by Gasteiger charge is -2.10. The fourth-order valence-electron chi connectivity index (χ4n) is 1.30. The van der Waals surface area contributed by atoms with E-state index in [0.717, 1.165) is 4.47 Å². The van der Waals surface area contributed by atoms with Gasteiger partial charge in [0.1, 0.15) is 5.82 Å². The Labute approximate surface area is 115 Å². The summed E-state index contributed by atoms with van der Waals surface area (Å²) in [6, 6.07) is 0.166. The van der Waals surface area contributed by atoms with E-state index in [4.69, 9.17) is 0 Å². The van der Waals surface area contributed by atoms with Crippen molar-refractivity contribution in [2.45, 2.75) is 26.3 Å². The summed E-state index contributed by atoms with van der Waals surface area (Å²) in [5, 5.41) is 8.78. The van der Waals surface area contributed by atoms with Gasteiger partial charge in [-0.2, -0.15) is 4.98 Å². The number of carbonyl (C=O) groups excluding carboxylic acids is 1. The molecule has 0 aliphatic carbocycles. The number of hydrogen-bond donors (Lipinski definition) is 3. The highest BCUT2D eigenvalue weighted by Crippen LogP contribution is 2.19. The van der Waals surface area contributed by atoms with E-state index in [0.29, 0.717) is 24.7 Å². The van der Waals surface area contributed by atoms with Crippen LogP contribution in [-0.2, 0) is 4.79 Å². The quantitative estimate of drug-likeness (QED) is 0.743. The van der Waals surface area contributed by atoms with Crippen LogP contribution >= 0.6 is 15.9 Å². The number of nitrogens with zero attached hydrogens (tertiary/aromatic N) is 2. The first-order valence-corrected chi connectivity index (χ1v) is 6.55. The first kappa shape index (κ1) is 14.7. The second-order valence-corrected chi connectivity index (χ2v) is 4.89. The fourth-order valence-corrected chi connectivity index (χ4v) is 1.63. The van der Waals surface area contributed by atoms with Crippen molar-refractivity contribution in [3.8, 4) is 0 Å². The van der Waals surface area contributed by atoms with Crippen molar-refractivity contribution in [2.24, 2.45) is 0 Å². The zero-order valence-electron chi connectivity index (χ0n) is 10.7. The maximum Gasteiger partial charge on any atom is 0.224 e. The van der Waals surface area contributed by atoms with Crippen LogP contribution in [0.1, 0.15) is 20.3 Å². The Morgan fingerprint density at radius 2 is 2.22 bits per heavy atom. The molecule has 0 bridgehead atoms. The first-order valence-electron chi connectivity index (χ1n) is 5.76. The number of halogens is 1.